The third-order valence-corrected chi connectivity index (χ3v) is 15.6. The van der Waals surface area contributed by atoms with Gasteiger partial charge in [0.2, 0.25) is 5.91 Å². The van der Waals surface area contributed by atoms with Crippen LogP contribution < -0.4 is 5.32 Å². The second kappa shape index (κ2) is 68.6. The van der Waals surface area contributed by atoms with Gasteiger partial charge >= 0.3 is 0 Å². The smallest absolute Gasteiger partial charge is 0.220 e. The quantitative estimate of drug-likeness (QED) is 0.0420. The largest absolute Gasteiger partial charge is 0.394 e. The second-order valence-corrected chi connectivity index (χ2v) is 23.2. The molecule has 0 saturated carbocycles. The highest BCUT2D eigenvalue weighted by Gasteiger charge is 2.18. The predicted molar refractivity (Wildman–Crippen MR) is 350 cm³/mol. The van der Waals surface area contributed by atoms with Gasteiger partial charge in [-0.15, -0.1) is 0 Å². The minimum atomic E-state index is -0.869. The number of unbranched alkanes of at least 4 members (excludes halogenated alkanes) is 42. The fraction of sp³-hybridized carbons (Fsp3) is 0.770. The highest BCUT2D eigenvalue weighted by molar-refractivity contribution is 5.76. The van der Waals surface area contributed by atoms with Gasteiger partial charge in [-0.1, -0.05) is 355 Å². The lowest BCUT2D eigenvalue weighted by Crippen LogP contribution is -2.45. The molecule has 2 unspecified atom stereocenters. The molecule has 0 spiro atoms. The van der Waals surface area contributed by atoms with Crippen molar-refractivity contribution in [2.45, 2.75) is 360 Å². The van der Waals surface area contributed by atoms with E-state index in [1.54, 1.807) is 6.08 Å². The lowest BCUT2D eigenvalue weighted by Gasteiger charge is -2.19. The molecule has 4 nitrogen and oxygen atoms in total. The van der Waals surface area contributed by atoms with Gasteiger partial charge in [0.1, 0.15) is 0 Å². The van der Waals surface area contributed by atoms with E-state index in [1.165, 1.54) is 257 Å². The van der Waals surface area contributed by atoms with Crippen molar-refractivity contribution in [3.8, 4) is 0 Å². The average molecular weight is 1080 g/mol. The van der Waals surface area contributed by atoms with Crippen LogP contribution in [-0.4, -0.2) is 34.9 Å². The number of aliphatic hydroxyl groups excluding tert-OH is 2. The topological polar surface area (TPSA) is 69.6 Å². The minimum absolute atomic E-state index is 0.0736. The summed E-state index contributed by atoms with van der Waals surface area (Å²) in [7, 11) is 0. The molecule has 452 valence electrons. The summed E-state index contributed by atoms with van der Waals surface area (Å²) in [5, 5.41) is 23.3. The fourth-order valence-electron chi connectivity index (χ4n) is 10.4. The molecular weight excluding hydrogens is 951 g/mol. The van der Waals surface area contributed by atoms with Gasteiger partial charge in [-0.2, -0.15) is 0 Å². The number of aliphatic hydroxyl groups is 2. The Balaban J connectivity index is 3.50. The van der Waals surface area contributed by atoms with Crippen molar-refractivity contribution < 1.29 is 15.0 Å². The van der Waals surface area contributed by atoms with Crippen LogP contribution >= 0.6 is 0 Å². The molecule has 0 rings (SSSR count). The Hall–Kier alpha value is -2.69. The Labute approximate surface area is 487 Å². The van der Waals surface area contributed by atoms with Crippen LogP contribution in [0.4, 0.5) is 0 Å². The maximum atomic E-state index is 12.5. The highest BCUT2D eigenvalue weighted by Crippen LogP contribution is 2.18. The maximum Gasteiger partial charge on any atom is 0.220 e. The zero-order valence-corrected chi connectivity index (χ0v) is 52.2. The normalized spacial score (nSPS) is 13.3. The van der Waals surface area contributed by atoms with Crippen LogP contribution in [0.5, 0.6) is 0 Å². The minimum Gasteiger partial charge on any atom is -0.394 e. The van der Waals surface area contributed by atoms with E-state index in [-0.39, 0.29) is 12.5 Å². The van der Waals surface area contributed by atoms with E-state index in [4.69, 9.17) is 0 Å². The lowest BCUT2D eigenvalue weighted by atomic mass is 10.0. The third-order valence-electron chi connectivity index (χ3n) is 15.6. The lowest BCUT2D eigenvalue weighted by molar-refractivity contribution is -0.123. The van der Waals surface area contributed by atoms with Crippen molar-refractivity contribution in [2.24, 2.45) is 0 Å². The summed E-state index contributed by atoms with van der Waals surface area (Å²) in [5.74, 6) is -0.0736. The Bertz CT molecular complexity index is 1420. The summed E-state index contributed by atoms with van der Waals surface area (Å²) in [6, 6.07) is -0.647. The van der Waals surface area contributed by atoms with Gasteiger partial charge in [0.05, 0.1) is 18.8 Å². The van der Waals surface area contributed by atoms with Gasteiger partial charge in [-0.3, -0.25) is 4.79 Å². The maximum absolute atomic E-state index is 12.5. The van der Waals surface area contributed by atoms with Gasteiger partial charge in [0, 0.05) is 6.42 Å². The van der Waals surface area contributed by atoms with Gasteiger partial charge in [0.15, 0.2) is 0 Å². The first-order chi connectivity index (χ1) is 38.7. The Morgan fingerprint density at radius 1 is 0.321 bits per heavy atom. The molecule has 0 bridgehead atoms. The van der Waals surface area contributed by atoms with E-state index in [1.807, 2.05) is 6.08 Å². The van der Waals surface area contributed by atoms with Gasteiger partial charge in [0.25, 0.3) is 0 Å². The van der Waals surface area contributed by atoms with Gasteiger partial charge in [-0.05, 0) is 83.5 Å². The zero-order valence-electron chi connectivity index (χ0n) is 52.2. The molecule has 0 aromatic carbocycles. The summed E-state index contributed by atoms with van der Waals surface area (Å²) in [6.45, 7) is 4.21. The SMILES string of the molecule is CC/C=C\C/C=C\C/C=C\C/C=C\C/C=C\C/C=C\CCCCCCCCCCCCCCCCC(=O)NC(CO)C(O)/C=C/CC/C=C/CCCCCCCCCCCCCCCCCCCCCCCCCCCCC. The molecular formula is C74H133NO3. The highest BCUT2D eigenvalue weighted by atomic mass is 16.3. The van der Waals surface area contributed by atoms with E-state index in [0.717, 1.165) is 70.6 Å². The molecule has 0 heterocycles. The van der Waals surface area contributed by atoms with Gasteiger partial charge in [-0.25, -0.2) is 0 Å². The number of hydrogen-bond donors (Lipinski definition) is 3. The molecule has 3 N–H and O–H groups in total. The van der Waals surface area contributed by atoms with E-state index >= 15 is 0 Å². The molecule has 2 atom stereocenters. The number of allylic oxidation sites excluding steroid dienone is 15. The van der Waals surface area contributed by atoms with Crippen molar-refractivity contribution in [1.82, 2.24) is 5.32 Å². The molecule has 0 aromatic rings. The van der Waals surface area contributed by atoms with Crippen LogP contribution in [0.3, 0.4) is 0 Å². The molecule has 0 radical (unpaired) electrons. The molecule has 1 amide bonds. The molecule has 4 heteroatoms. The number of rotatable bonds is 63. The summed E-state index contributed by atoms with van der Waals surface area (Å²) in [5.41, 5.74) is 0. The molecule has 78 heavy (non-hydrogen) atoms. The van der Waals surface area contributed by atoms with Crippen LogP contribution in [0, 0.1) is 0 Å². The zero-order chi connectivity index (χ0) is 56.2. The van der Waals surface area contributed by atoms with Crippen molar-refractivity contribution >= 4 is 5.91 Å². The van der Waals surface area contributed by atoms with Crippen LogP contribution in [0.1, 0.15) is 348 Å². The summed E-state index contributed by atoms with van der Waals surface area (Å²) < 4.78 is 0. The van der Waals surface area contributed by atoms with Crippen molar-refractivity contribution in [2.75, 3.05) is 6.61 Å². The Morgan fingerprint density at radius 3 is 0.897 bits per heavy atom. The van der Waals surface area contributed by atoms with Crippen LogP contribution in [0.15, 0.2) is 97.2 Å². The predicted octanol–water partition coefficient (Wildman–Crippen LogP) is 23.6. The Kier molecular flexibility index (Phi) is 66.2. The first-order valence-electron chi connectivity index (χ1n) is 34.5. The van der Waals surface area contributed by atoms with E-state index in [9.17, 15) is 15.0 Å². The van der Waals surface area contributed by atoms with Crippen molar-refractivity contribution in [3.05, 3.63) is 97.2 Å². The number of amides is 1. The molecule has 0 aliphatic heterocycles. The van der Waals surface area contributed by atoms with Gasteiger partial charge < -0.3 is 15.5 Å². The van der Waals surface area contributed by atoms with Crippen molar-refractivity contribution in [1.29, 1.82) is 0 Å². The number of hydrogen-bond acceptors (Lipinski definition) is 3. The van der Waals surface area contributed by atoms with Crippen LogP contribution in [0.25, 0.3) is 0 Å². The fourth-order valence-corrected chi connectivity index (χ4v) is 10.4. The van der Waals surface area contributed by atoms with Crippen LogP contribution in [-0.2, 0) is 4.79 Å². The number of carbonyl (C=O) groups excluding carboxylic acids is 1. The first-order valence-corrected chi connectivity index (χ1v) is 34.5. The first kappa shape index (κ1) is 75.3. The third kappa shape index (κ3) is 64.1. The summed E-state index contributed by atoms with van der Waals surface area (Å²) in [6.07, 6.45) is 102. The molecule has 0 aliphatic rings. The number of carbonyl (C=O) groups is 1. The Morgan fingerprint density at radius 2 is 0.577 bits per heavy atom. The van der Waals surface area contributed by atoms with Crippen LogP contribution in [0.2, 0.25) is 0 Å². The molecule has 0 aliphatic carbocycles. The molecule has 0 aromatic heterocycles. The summed E-state index contributed by atoms with van der Waals surface area (Å²) >= 11 is 0. The standard InChI is InChI=1S/C74H133NO3/c1-3-5-7-9-11-13-15-17-19-21-23-25-27-29-31-33-35-37-39-41-43-45-47-49-51-53-55-57-59-61-63-65-67-69-73(77)72(71-76)75-74(78)70-68-66-64-62-60-58-56-54-52-50-48-46-44-42-40-38-36-34-32-30-28-26-24-22-20-18-16-14-12-10-8-6-4-2/h6,8,12,14,18,20,24,26,30,32,36,38,59,61,67,69,72-73,76-77H,3-5,7,9-11,13,15-17,19,21-23,25,27-29,31,33-35,37,39-58,60,62-66,68,70-71H2,1-2H3,(H,75,78)/b8-6-,14-12-,20-18-,26-24-,32-30-,38-36-,61-59+,69-67+. The average Bonchev–Trinajstić information content (AvgIpc) is 3.44. The van der Waals surface area contributed by atoms with E-state index < -0.39 is 12.1 Å². The molecule has 0 saturated heterocycles. The van der Waals surface area contributed by atoms with E-state index in [0.29, 0.717) is 6.42 Å². The summed E-state index contributed by atoms with van der Waals surface area (Å²) in [4.78, 5) is 12.5. The second-order valence-electron chi connectivity index (χ2n) is 23.2. The monoisotopic (exact) mass is 1080 g/mol. The number of nitrogens with one attached hydrogen (secondary N) is 1. The van der Waals surface area contributed by atoms with E-state index in [2.05, 4.69) is 104 Å². The molecule has 0 fully saturated rings. The van der Waals surface area contributed by atoms with Crippen molar-refractivity contribution in [3.63, 3.8) is 0 Å².